The van der Waals surface area contributed by atoms with Crippen LogP contribution in [0.1, 0.15) is 15.9 Å². The molecule has 2 N–H and O–H groups in total. The van der Waals surface area contributed by atoms with Crippen LogP contribution in [-0.2, 0) is 0 Å². The fraction of sp³-hybridized carbons (Fsp3) is 0.0625. The van der Waals surface area contributed by atoms with E-state index in [1.165, 1.54) is 0 Å². The third-order valence-electron chi connectivity index (χ3n) is 3.35. The van der Waals surface area contributed by atoms with Crippen LogP contribution in [0, 0.1) is 6.92 Å². The smallest absolute Gasteiger partial charge is 0.257 e. The monoisotopic (exact) mass is 318 g/mol. The fourth-order valence-electron chi connectivity index (χ4n) is 2.23. The summed E-state index contributed by atoms with van der Waals surface area (Å²) >= 11 is 12.3. The van der Waals surface area contributed by atoms with Gasteiger partial charge in [0.05, 0.1) is 26.8 Å². The van der Waals surface area contributed by atoms with E-state index in [2.05, 4.69) is 10.3 Å². The zero-order chi connectivity index (χ0) is 15.0. The number of rotatable bonds is 2. The molecule has 0 spiro atoms. The standard InChI is InChI=1S/C16H12Cl2N2O/c1-9-5-6-12(17)15(13(9)18)20-16(21)11-4-2-3-10-7-8-19-14(10)11/h2-8,19H,1H3,(H,20,21). The lowest BCUT2D eigenvalue weighted by molar-refractivity contribution is 0.102. The second-order valence-corrected chi connectivity index (χ2v) is 5.54. The Kier molecular flexibility index (Phi) is 3.62. The summed E-state index contributed by atoms with van der Waals surface area (Å²) in [6.45, 7) is 1.86. The van der Waals surface area contributed by atoms with Crippen LogP contribution in [0.3, 0.4) is 0 Å². The maximum absolute atomic E-state index is 12.5. The summed E-state index contributed by atoms with van der Waals surface area (Å²) in [6.07, 6.45) is 1.80. The third-order valence-corrected chi connectivity index (χ3v) is 4.16. The molecule has 0 aliphatic heterocycles. The van der Waals surface area contributed by atoms with Crippen molar-refractivity contribution in [3.8, 4) is 0 Å². The lowest BCUT2D eigenvalue weighted by atomic mass is 10.1. The van der Waals surface area contributed by atoms with Crippen LogP contribution in [-0.4, -0.2) is 10.9 Å². The highest BCUT2D eigenvalue weighted by atomic mass is 35.5. The zero-order valence-electron chi connectivity index (χ0n) is 11.2. The molecule has 21 heavy (non-hydrogen) atoms. The zero-order valence-corrected chi connectivity index (χ0v) is 12.7. The lowest BCUT2D eigenvalue weighted by Gasteiger charge is -2.11. The van der Waals surface area contributed by atoms with E-state index in [0.717, 1.165) is 16.5 Å². The molecule has 2 aromatic carbocycles. The fourth-order valence-corrected chi connectivity index (χ4v) is 2.69. The van der Waals surface area contributed by atoms with Gasteiger partial charge in [0.2, 0.25) is 0 Å². The Morgan fingerprint density at radius 3 is 2.76 bits per heavy atom. The van der Waals surface area contributed by atoms with Crippen LogP contribution >= 0.6 is 23.2 Å². The van der Waals surface area contributed by atoms with E-state index in [1.54, 1.807) is 18.3 Å². The Balaban J connectivity index is 2.01. The predicted octanol–water partition coefficient (Wildman–Crippen LogP) is 5.04. The van der Waals surface area contributed by atoms with Gasteiger partial charge in [0.1, 0.15) is 0 Å². The summed E-state index contributed by atoms with van der Waals surface area (Å²) in [5, 5.41) is 4.64. The number of aromatic amines is 1. The molecule has 1 aromatic heterocycles. The van der Waals surface area contributed by atoms with E-state index in [0.29, 0.717) is 21.3 Å². The number of para-hydroxylation sites is 1. The Morgan fingerprint density at radius 1 is 1.14 bits per heavy atom. The number of H-pyrrole nitrogens is 1. The number of amides is 1. The minimum atomic E-state index is -0.252. The number of aryl methyl sites for hydroxylation is 1. The number of carbonyl (C=O) groups excluding carboxylic acids is 1. The van der Waals surface area contributed by atoms with E-state index >= 15 is 0 Å². The molecule has 3 nitrogen and oxygen atoms in total. The first-order chi connectivity index (χ1) is 10.1. The molecule has 0 atom stereocenters. The van der Waals surface area contributed by atoms with Crippen LogP contribution in [0.25, 0.3) is 10.9 Å². The number of anilines is 1. The maximum atomic E-state index is 12.5. The summed E-state index contributed by atoms with van der Waals surface area (Å²) in [5.41, 5.74) is 2.63. The number of nitrogens with one attached hydrogen (secondary N) is 2. The van der Waals surface area contributed by atoms with E-state index < -0.39 is 0 Å². The molecule has 0 saturated carbocycles. The van der Waals surface area contributed by atoms with Crippen molar-refractivity contribution < 1.29 is 4.79 Å². The Hall–Kier alpha value is -1.97. The molecule has 0 aliphatic carbocycles. The third kappa shape index (κ3) is 2.50. The van der Waals surface area contributed by atoms with E-state index in [-0.39, 0.29) is 5.91 Å². The highest BCUT2D eigenvalue weighted by Crippen LogP contribution is 2.33. The van der Waals surface area contributed by atoms with Crippen molar-refractivity contribution in [3.63, 3.8) is 0 Å². The molecule has 0 saturated heterocycles. The highest BCUT2D eigenvalue weighted by Gasteiger charge is 2.15. The molecule has 3 aromatic rings. The number of hydrogen-bond acceptors (Lipinski definition) is 1. The Bertz CT molecular complexity index is 839. The molecule has 0 fully saturated rings. The number of carbonyl (C=O) groups is 1. The average molecular weight is 319 g/mol. The summed E-state index contributed by atoms with van der Waals surface area (Å²) in [5.74, 6) is -0.252. The Morgan fingerprint density at radius 2 is 1.95 bits per heavy atom. The SMILES string of the molecule is Cc1ccc(Cl)c(NC(=O)c2cccc3cc[nH]c23)c1Cl. The molecule has 3 rings (SSSR count). The normalized spacial score (nSPS) is 10.8. The number of halogens is 2. The van der Waals surface area contributed by atoms with Crippen molar-refractivity contribution in [1.82, 2.24) is 4.98 Å². The van der Waals surface area contributed by atoms with Crippen molar-refractivity contribution in [2.75, 3.05) is 5.32 Å². The minimum Gasteiger partial charge on any atom is -0.361 e. The molecule has 106 valence electrons. The van der Waals surface area contributed by atoms with Crippen LogP contribution in [0.4, 0.5) is 5.69 Å². The van der Waals surface area contributed by atoms with Gasteiger partial charge in [-0.3, -0.25) is 4.79 Å². The quantitative estimate of drug-likeness (QED) is 0.683. The molecule has 1 heterocycles. The van der Waals surface area contributed by atoms with Crippen molar-refractivity contribution in [2.24, 2.45) is 0 Å². The molecular formula is C16H12Cl2N2O. The van der Waals surface area contributed by atoms with Crippen LogP contribution in [0.5, 0.6) is 0 Å². The molecule has 0 unspecified atom stereocenters. The van der Waals surface area contributed by atoms with Gasteiger partial charge in [0.15, 0.2) is 0 Å². The van der Waals surface area contributed by atoms with Gasteiger partial charge >= 0.3 is 0 Å². The van der Waals surface area contributed by atoms with Crippen molar-refractivity contribution in [3.05, 3.63) is 63.8 Å². The van der Waals surface area contributed by atoms with E-state index in [9.17, 15) is 4.79 Å². The van der Waals surface area contributed by atoms with Crippen molar-refractivity contribution in [1.29, 1.82) is 0 Å². The molecule has 0 aliphatic rings. The maximum Gasteiger partial charge on any atom is 0.257 e. The van der Waals surface area contributed by atoms with Crippen molar-refractivity contribution >= 4 is 45.7 Å². The summed E-state index contributed by atoms with van der Waals surface area (Å²) in [7, 11) is 0. The largest absolute Gasteiger partial charge is 0.361 e. The van der Waals surface area contributed by atoms with Crippen LogP contribution < -0.4 is 5.32 Å². The summed E-state index contributed by atoms with van der Waals surface area (Å²) in [6, 6.07) is 11.0. The summed E-state index contributed by atoms with van der Waals surface area (Å²) < 4.78 is 0. The highest BCUT2D eigenvalue weighted by molar-refractivity contribution is 6.40. The molecule has 5 heteroatoms. The molecule has 1 amide bonds. The molecule has 0 radical (unpaired) electrons. The van der Waals surface area contributed by atoms with Gasteiger partial charge in [0, 0.05) is 11.6 Å². The minimum absolute atomic E-state index is 0.252. The average Bonchev–Trinajstić information content (AvgIpc) is 2.95. The van der Waals surface area contributed by atoms with Gasteiger partial charge in [-0.25, -0.2) is 0 Å². The second-order valence-electron chi connectivity index (χ2n) is 4.75. The van der Waals surface area contributed by atoms with Gasteiger partial charge < -0.3 is 10.3 Å². The topological polar surface area (TPSA) is 44.9 Å². The number of aromatic nitrogens is 1. The van der Waals surface area contributed by atoms with Gasteiger partial charge in [-0.05, 0) is 30.7 Å². The first-order valence-electron chi connectivity index (χ1n) is 6.40. The first-order valence-corrected chi connectivity index (χ1v) is 7.15. The van der Waals surface area contributed by atoms with Gasteiger partial charge in [-0.15, -0.1) is 0 Å². The van der Waals surface area contributed by atoms with Gasteiger partial charge in [-0.2, -0.15) is 0 Å². The molecular weight excluding hydrogens is 307 g/mol. The Labute approximate surface area is 131 Å². The van der Waals surface area contributed by atoms with Crippen molar-refractivity contribution in [2.45, 2.75) is 6.92 Å². The predicted molar refractivity (Wildman–Crippen MR) is 87.5 cm³/mol. The van der Waals surface area contributed by atoms with E-state index in [1.807, 2.05) is 31.2 Å². The van der Waals surface area contributed by atoms with E-state index in [4.69, 9.17) is 23.2 Å². The van der Waals surface area contributed by atoms with Crippen LogP contribution in [0.2, 0.25) is 10.0 Å². The molecule has 0 bridgehead atoms. The number of benzene rings is 2. The van der Waals surface area contributed by atoms with Gasteiger partial charge in [-0.1, -0.05) is 41.4 Å². The number of fused-ring (bicyclic) bond motifs is 1. The van der Waals surface area contributed by atoms with Crippen LogP contribution in [0.15, 0.2) is 42.6 Å². The number of hydrogen-bond donors (Lipinski definition) is 2. The second kappa shape index (κ2) is 5.43. The lowest BCUT2D eigenvalue weighted by Crippen LogP contribution is -2.13. The summed E-state index contributed by atoms with van der Waals surface area (Å²) in [4.78, 5) is 15.6. The van der Waals surface area contributed by atoms with Gasteiger partial charge in [0.25, 0.3) is 5.91 Å². The first kappa shape index (κ1) is 14.0.